The number of fused-ring (bicyclic) bond motifs is 4. The minimum absolute atomic E-state index is 0.0194. The molecule has 46 heavy (non-hydrogen) atoms. The highest BCUT2D eigenvalue weighted by molar-refractivity contribution is 6.09. The number of ether oxygens (including phenoxy) is 1. The summed E-state index contributed by atoms with van der Waals surface area (Å²) in [6, 6.07) is 29.3. The maximum atomic E-state index is 8.30. The first-order valence-electron chi connectivity index (χ1n) is 17.5. The number of aryl methyl sites for hydroxylation is 2. The predicted molar refractivity (Wildman–Crippen MR) is 194 cm³/mol. The van der Waals surface area contributed by atoms with Gasteiger partial charge in [-0.25, -0.2) is 4.98 Å². The highest BCUT2D eigenvalue weighted by Crippen LogP contribution is 2.44. The maximum absolute atomic E-state index is 8.30. The quantitative estimate of drug-likeness (QED) is 0.199. The number of para-hydroxylation sites is 1. The summed E-state index contributed by atoms with van der Waals surface area (Å²) in [5, 5.41) is 2.28. The van der Waals surface area contributed by atoms with Crippen molar-refractivity contribution in [3.63, 3.8) is 0 Å². The summed E-state index contributed by atoms with van der Waals surface area (Å²) in [6.07, 6.45) is 1.89. The Labute approximate surface area is 277 Å². The zero-order valence-electron chi connectivity index (χ0n) is 31.1. The van der Waals surface area contributed by atoms with Gasteiger partial charge in [0.15, 0.2) is 0 Å². The first-order valence-corrected chi connectivity index (χ1v) is 16.0. The molecule has 0 atom stereocenters. The van der Waals surface area contributed by atoms with Crippen LogP contribution < -0.4 is 14.5 Å². The van der Waals surface area contributed by atoms with E-state index in [4.69, 9.17) is 13.8 Å². The van der Waals surface area contributed by atoms with E-state index in [0.717, 1.165) is 55.7 Å². The Morgan fingerprint density at radius 3 is 2.15 bits per heavy atom. The Morgan fingerprint density at radius 1 is 0.696 bits per heavy atom. The summed E-state index contributed by atoms with van der Waals surface area (Å²) in [7, 11) is 0. The van der Waals surface area contributed by atoms with Crippen LogP contribution in [0.4, 0.5) is 17.1 Å². The van der Waals surface area contributed by atoms with Gasteiger partial charge in [-0.2, -0.15) is 0 Å². The second kappa shape index (κ2) is 10.7. The Hall–Kier alpha value is -4.77. The molecule has 1 aliphatic heterocycles. The molecule has 6 aromatic rings. The van der Waals surface area contributed by atoms with E-state index in [-0.39, 0.29) is 17.5 Å². The number of aromatic nitrogens is 2. The van der Waals surface area contributed by atoms with Gasteiger partial charge in [0.1, 0.15) is 17.3 Å². The van der Waals surface area contributed by atoms with Crippen LogP contribution in [0.5, 0.6) is 11.5 Å². The number of hydrogen-bond acceptors (Lipinski definition) is 4. The molecule has 2 aromatic heterocycles. The van der Waals surface area contributed by atoms with Gasteiger partial charge in [-0.1, -0.05) is 59.7 Å². The average Bonchev–Trinajstić information content (AvgIpc) is 3.56. The van der Waals surface area contributed by atoms with Gasteiger partial charge >= 0.3 is 0 Å². The van der Waals surface area contributed by atoms with E-state index in [1.807, 2.05) is 31.3 Å². The van der Waals surface area contributed by atoms with Crippen molar-refractivity contribution in [3.05, 3.63) is 113 Å². The van der Waals surface area contributed by atoms with Gasteiger partial charge in [-0.15, -0.1) is 0 Å². The van der Waals surface area contributed by atoms with E-state index >= 15 is 0 Å². The molecule has 0 unspecified atom stereocenters. The zero-order valence-corrected chi connectivity index (χ0v) is 28.1. The third-order valence-corrected chi connectivity index (χ3v) is 9.25. The lowest BCUT2D eigenvalue weighted by Crippen LogP contribution is -2.24. The molecular formula is C41H44N4O. The van der Waals surface area contributed by atoms with Gasteiger partial charge < -0.3 is 14.5 Å². The van der Waals surface area contributed by atoms with Crippen molar-refractivity contribution in [3.8, 4) is 17.3 Å². The summed E-state index contributed by atoms with van der Waals surface area (Å²) < 4.78 is 33.8. The summed E-state index contributed by atoms with van der Waals surface area (Å²) in [4.78, 5) is 8.43. The molecule has 4 aromatic carbocycles. The van der Waals surface area contributed by atoms with E-state index in [1.54, 1.807) is 0 Å². The molecule has 0 aliphatic carbocycles. The predicted octanol–water partition coefficient (Wildman–Crippen LogP) is 10.7. The van der Waals surface area contributed by atoms with Crippen molar-refractivity contribution < 1.29 is 8.85 Å². The number of benzene rings is 4. The second-order valence-corrected chi connectivity index (χ2v) is 14.7. The van der Waals surface area contributed by atoms with Crippen molar-refractivity contribution in [2.45, 2.75) is 66.2 Å². The van der Waals surface area contributed by atoms with Crippen LogP contribution in [0.15, 0.2) is 91.1 Å². The van der Waals surface area contributed by atoms with Crippen LogP contribution in [-0.4, -0.2) is 23.2 Å². The fourth-order valence-corrected chi connectivity index (χ4v) is 6.37. The fourth-order valence-electron chi connectivity index (χ4n) is 6.37. The lowest BCUT2D eigenvalue weighted by atomic mass is 9.86. The van der Waals surface area contributed by atoms with Crippen molar-refractivity contribution in [2.24, 2.45) is 0 Å². The fraction of sp³-hybridized carbons (Fsp3) is 0.293. The van der Waals surface area contributed by atoms with E-state index in [1.165, 1.54) is 10.5 Å². The van der Waals surface area contributed by atoms with Gasteiger partial charge in [0.25, 0.3) is 0 Å². The second-order valence-electron chi connectivity index (χ2n) is 14.7. The van der Waals surface area contributed by atoms with Gasteiger partial charge in [0, 0.05) is 45.9 Å². The third-order valence-electron chi connectivity index (χ3n) is 9.25. The summed E-state index contributed by atoms with van der Waals surface area (Å²) in [5.41, 5.74) is 8.88. The molecular weight excluding hydrogens is 564 g/mol. The summed E-state index contributed by atoms with van der Waals surface area (Å²) in [5.74, 6) is 2.26. The first kappa shape index (κ1) is 26.4. The molecule has 234 valence electrons. The zero-order chi connectivity index (χ0) is 35.0. The highest BCUT2D eigenvalue weighted by Gasteiger charge is 2.27. The Morgan fingerprint density at radius 2 is 1.41 bits per heavy atom. The van der Waals surface area contributed by atoms with Crippen LogP contribution >= 0.6 is 0 Å². The highest BCUT2D eigenvalue weighted by atomic mass is 16.5. The Kier molecular flexibility index (Phi) is 6.13. The molecule has 0 spiro atoms. The molecule has 0 fully saturated rings. The molecule has 0 bridgehead atoms. The van der Waals surface area contributed by atoms with Crippen LogP contribution in [0.1, 0.15) is 67.9 Å². The van der Waals surface area contributed by atoms with Crippen molar-refractivity contribution in [1.82, 2.24) is 9.55 Å². The Bertz CT molecular complexity index is 2240. The minimum atomic E-state index is -2.28. The largest absolute Gasteiger partial charge is 0.457 e. The number of rotatable bonds is 4. The van der Waals surface area contributed by atoms with Gasteiger partial charge in [0.2, 0.25) is 0 Å². The molecule has 0 saturated carbocycles. The lowest BCUT2D eigenvalue weighted by molar-refractivity contribution is 0.479. The molecule has 0 amide bonds. The molecule has 0 saturated heterocycles. The van der Waals surface area contributed by atoms with E-state index in [0.29, 0.717) is 17.2 Å². The monoisotopic (exact) mass is 611 g/mol. The van der Waals surface area contributed by atoms with Gasteiger partial charge in [0.05, 0.1) is 29.1 Å². The molecule has 1 aliphatic rings. The van der Waals surface area contributed by atoms with Crippen molar-refractivity contribution >= 4 is 38.9 Å². The molecule has 3 heterocycles. The third kappa shape index (κ3) is 5.18. The van der Waals surface area contributed by atoms with Crippen LogP contribution in [-0.2, 0) is 10.8 Å². The van der Waals surface area contributed by atoms with E-state index < -0.39 is 6.98 Å². The van der Waals surface area contributed by atoms with Crippen LogP contribution in [0.2, 0.25) is 0 Å². The van der Waals surface area contributed by atoms with Crippen molar-refractivity contribution in [1.29, 1.82) is 0 Å². The smallest absolute Gasteiger partial charge is 0.137 e. The number of pyridine rings is 1. The number of hydrogen-bond donors (Lipinski definition) is 0. The van der Waals surface area contributed by atoms with E-state index in [2.05, 4.69) is 125 Å². The lowest BCUT2D eigenvalue weighted by Gasteiger charge is -2.26. The maximum Gasteiger partial charge on any atom is 0.137 e. The van der Waals surface area contributed by atoms with Crippen LogP contribution in [0.25, 0.3) is 27.6 Å². The topological polar surface area (TPSA) is 33.5 Å². The average molecular weight is 612 g/mol. The van der Waals surface area contributed by atoms with Crippen molar-refractivity contribution in [2.75, 3.05) is 23.4 Å². The normalized spacial score (nSPS) is 14.8. The Balaban J connectivity index is 1.35. The SMILES string of the molecule is [2H]C([2H])([2H])N1CN(c2cc(Oc3ccc4c5ccccc5n(-c5cc(C(C)(C)C)ccn5)c4c3)cc(C(C)(C)C)c2)c2cc(C)c(C)cc21. The number of nitrogens with zero attached hydrogens (tertiary/aromatic N) is 4. The molecule has 0 radical (unpaired) electrons. The summed E-state index contributed by atoms with van der Waals surface area (Å²) >= 11 is 0. The number of anilines is 3. The molecule has 0 N–H and O–H groups in total. The molecule has 7 rings (SSSR count). The molecule has 5 nitrogen and oxygen atoms in total. The van der Waals surface area contributed by atoms with Crippen LogP contribution in [0, 0.1) is 13.8 Å². The summed E-state index contributed by atoms with van der Waals surface area (Å²) in [6.45, 7) is 15.2. The van der Waals surface area contributed by atoms with Gasteiger partial charge in [-0.3, -0.25) is 4.57 Å². The van der Waals surface area contributed by atoms with E-state index in [9.17, 15) is 0 Å². The van der Waals surface area contributed by atoms with Gasteiger partial charge in [-0.05, 0) is 102 Å². The first-order chi connectivity index (χ1) is 23.0. The minimum Gasteiger partial charge on any atom is -0.457 e. The van der Waals surface area contributed by atoms with Crippen LogP contribution in [0.3, 0.4) is 0 Å². The molecule has 5 heteroatoms. The standard InChI is InChI=1S/C41H44N4O/c1-26-18-37-38(19-27(26)2)44(25-43(37)9)30-20-29(41(6,7)8)21-32(23-30)46-31-14-15-34-33-12-10-11-13-35(33)45(36(34)24-31)39-22-28(16-17-42-39)40(3,4)5/h10-24H,25H2,1-9H3/i9D3.